The van der Waals surface area contributed by atoms with Crippen LogP contribution in [0.4, 0.5) is 0 Å². The lowest BCUT2D eigenvalue weighted by Crippen LogP contribution is -2.37. The van der Waals surface area contributed by atoms with Crippen molar-refractivity contribution in [2.75, 3.05) is 6.54 Å². The monoisotopic (exact) mass is 253 g/mol. The van der Waals surface area contributed by atoms with Crippen LogP contribution in [0.5, 0.6) is 0 Å². The van der Waals surface area contributed by atoms with Gasteiger partial charge in [0.05, 0.1) is 10.8 Å². The second-order valence-electron chi connectivity index (χ2n) is 4.41. The van der Waals surface area contributed by atoms with Gasteiger partial charge in [-0.25, -0.2) is 0 Å². The maximum atomic E-state index is 12.3. The third-order valence-corrected chi connectivity index (χ3v) is 4.39. The lowest BCUT2D eigenvalue weighted by Gasteiger charge is -2.23. The first-order valence-corrected chi connectivity index (χ1v) is 6.48. The van der Waals surface area contributed by atoms with E-state index in [0.29, 0.717) is 13.0 Å². The number of amides is 1. The molecule has 0 spiro atoms. The number of likely N-dealkylation sites (tertiary alicyclic amines) is 1. The summed E-state index contributed by atoms with van der Waals surface area (Å²) in [6.45, 7) is 4.25. The first kappa shape index (κ1) is 12.1. The van der Waals surface area contributed by atoms with Gasteiger partial charge in [0.2, 0.25) is 0 Å². The predicted octanol–water partition coefficient (Wildman–Crippen LogP) is 1.99. The Balaban J connectivity index is 2.18. The molecule has 0 radical (unpaired) electrons. The molecule has 2 unspecified atom stereocenters. The van der Waals surface area contributed by atoms with Gasteiger partial charge in [0, 0.05) is 12.6 Å². The molecule has 4 nitrogen and oxygen atoms in total. The SMILES string of the molecule is Cc1ccsc1C(=O)N1CCC(C(=O)O)C1C. The summed E-state index contributed by atoms with van der Waals surface area (Å²) >= 11 is 1.42. The first-order valence-electron chi connectivity index (χ1n) is 5.60. The largest absolute Gasteiger partial charge is 0.481 e. The Morgan fingerprint density at radius 1 is 1.53 bits per heavy atom. The van der Waals surface area contributed by atoms with Crippen LogP contribution in [0.15, 0.2) is 11.4 Å². The van der Waals surface area contributed by atoms with Gasteiger partial charge in [-0.15, -0.1) is 11.3 Å². The van der Waals surface area contributed by atoms with Crippen molar-refractivity contribution < 1.29 is 14.7 Å². The van der Waals surface area contributed by atoms with Gasteiger partial charge in [-0.1, -0.05) is 0 Å². The second-order valence-corrected chi connectivity index (χ2v) is 5.32. The third kappa shape index (κ3) is 2.07. The number of aliphatic carboxylic acids is 1. The highest BCUT2D eigenvalue weighted by Gasteiger charge is 2.38. The molecular weight excluding hydrogens is 238 g/mol. The number of hydrogen-bond donors (Lipinski definition) is 1. The number of rotatable bonds is 2. The van der Waals surface area contributed by atoms with Crippen LogP contribution in [0.25, 0.3) is 0 Å². The van der Waals surface area contributed by atoms with Crippen molar-refractivity contribution in [1.82, 2.24) is 4.90 Å². The van der Waals surface area contributed by atoms with E-state index in [1.165, 1.54) is 11.3 Å². The number of thiophene rings is 1. The summed E-state index contributed by atoms with van der Waals surface area (Å²) in [6, 6.07) is 1.69. The summed E-state index contributed by atoms with van der Waals surface area (Å²) in [6.07, 6.45) is 0.548. The Morgan fingerprint density at radius 3 is 2.71 bits per heavy atom. The maximum Gasteiger partial charge on any atom is 0.308 e. The van der Waals surface area contributed by atoms with Crippen molar-refractivity contribution >= 4 is 23.2 Å². The van der Waals surface area contributed by atoms with E-state index in [9.17, 15) is 9.59 Å². The van der Waals surface area contributed by atoms with E-state index in [1.54, 1.807) is 4.90 Å². The summed E-state index contributed by atoms with van der Waals surface area (Å²) in [5.74, 6) is -1.27. The van der Waals surface area contributed by atoms with Crippen molar-refractivity contribution in [2.24, 2.45) is 5.92 Å². The third-order valence-electron chi connectivity index (χ3n) is 3.39. The Bertz CT molecular complexity index is 454. The highest BCUT2D eigenvalue weighted by Crippen LogP contribution is 2.28. The van der Waals surface area contributed by atoms with Gasteiger partial charge in [-0.2, -0.15) is 0 Å². The van der Waals surface area contributed by atoms with E-state index < -0.39 is 11.9 Å². The van der Waals surface area contributed by atoms with E-state index >= 15 is 0 Å². The van der Waals surface area contributed by atoms with Crippen LogP contribution < -0.4 is 0 Å². The molecule has 1 amide bonds. The van der Waals surface area contributed by atoms with Gasteiger partial charge in [-0.3, -0.25) is 9.59 Å². The van der Waals surface area contributed by atoms with Crippen molar-refractivity contribution in [3.05, 3.63) is 21.9 Å². The van der Waals surface area contributed by atoms with Crippen LogP contribution in [-0.2, 0) is 4.79 Å². The predicted molar refractivity (Wildman–Crippen MR) is 65.3 cm³/mol. The molecule has 0 bridgehead atoms. The highest BCUT2D eigenvalue weighted by atomic mass is 32.1. The van der Waals surface area contributed by atoms with E-state index in [-0.39, 0.29) is 11.9 Å². The van der Waals surface area contributed by atoms with Crippen LogP contribution >= 0.6 is 11.3 Å². The Labute approximate surface area is 104 Å². The molecule has 17 heavy (non-hydrogen) atoms. The molecule has 1 aliphatic heterocycles. The van der Waals surface area contributed by atoms with Gasteiger partial charge in [0.25, 0.3) is 5.91 Å². The summed E-state index contributed by atoms with van der Waals surface area (Å²) < 4.78 is 0. The van der Waals surface area contributed by atoms with Gasteiger partial charge in [0.1, 0.15) is 0 Å². The fourth-order valence-electron chi connectivity index (χ4n) is 2.28. The average Bonchev–Trinajstić information content (AvgIpc) is 2.83. The molecule has 2 heterocycles. The summed E-state index contributed by atoms with van der Waals surface area (Å²) in [5, 5.41) is 10.9. The molecule has 0 aromatic carbocycles. The van der Waals surface area contributed by atoms with Gasteiger partial charge in [-0.05, 0) is 37.3 Å². The number of carboxylic acids is 1. The normalized spacial score (nSPS) is 24.0. The maximum absolute atomic E-state index is 12.3. The Hall–Kier alpha value is -1.36. The molecule has 2 rings (SSSR count). The van der Waals surface area contributed by atoms with Crippen molar-refractivity contribution in [3.63, 3.8) is 0 Å². The zero-order valence-electron chi connectivity index (χ0n) is 9.84. The van der Waals surface area contributed by atoms with E-state index in [2.05, 4.69) is 0 Å². The second kappa shape index (κ2) is 4.49. The Morgan fingerprint density at radius 2 is 2.24 bits per heavy atom. The molecule has 1 aromatic heterocycles. The Kier molecular flexibility index (Phi) is 3.19. The number of aryl methyl sites for hydroxylation is 1. The van der Waals surface area contributed by atoms with E-state index in [4.69, 9.17) is 5.11 Å². The molecule has 1 N–H and O–H groups in total. The molecule has 0 saturated carbocycles. The number of carbonyl (C=O) groups excluding carboxylic acids is 1. The lowest BCUT2D eigenvalue weighted by atomic mass is 10.0. The summed E-state index contributed by atoms with van der Waals surface area (Å²) in [4.78, 5) is 25.7. The average molecular weight is 253 g/mol. The number of carboxylic acid groups (broad SMARTS) is 1. The molecule has 2 atom stereocenters. The van der Waals surface area contributed by atoms with Gasteiger partial charge in [0.15, 0.2) is 0 Å². The zero-order chi connectivity index (χ0) is 12.6. The van der Waals surface area contributed by atoms with Gasteiger partial charge >= 0.3 is 5.97 Å². The minimum absolute atomic E-state index is 0.0336. The first-order chi connectivity index (χ1) is 8.02. The minimum atomic E-state index is -0.810. The molecule has 1 saturated heterocycles. The minimum Gasteiger partial charge on any atom is -0.481 e. The standard InChI is InChI=1S/C12H15NO3S/c1-7-4-6-17-10(7)11(14)13-5-3-9(8(13)2)12(15)16/h4,6,8-9H,3,5H2,1-2H3,(H,15,16). The van der Waals surface area contributed by atoms with E-state index in [1.807, 2.05) is 25.3 Å². The fourth-order valence-corrected chi connectivity index (χ4v) is 3.16. The number of hydrogen-bond acceptors (Lipinski definition) is 3. The van der Waals surface area contributed by atoms with Crippen molar-refractivity contribution in [3.8, 4) is 0 Å². The van der Waals surface area contributed by atoms with Crippen LogP contribution in [0.1, 0.15) is 28.6 Å². The molecular formula is C12H15NO3S. The van der Waals surface area contributed by atoms with E-state index in [0.717, 1.165) is 10.4 Å². The molecule has 5 heteroatoms. The lowest BCUT2D eigenvalue weighted by molar-refractivity contribution is -0.142. The van der Waals surface area contributed by atoms with Crippen LogP contribution in [0.3, 0.4) is 0 Å². The van der Waals surface area contributed by atoms with Crippen molar-refractivity contribution in [2.45, 2.75) is 26.3 Å². The fraction of sp³-hybridized carbons (Fsp3) is 0.500. The zero-order valence-corrected chi connectivity index (χ0v) is 10.7. The quantitative estimate of drug-likeness (QED) is 0.877. The number of carbonyl (C=O) groups is 2. The summed E-state index contributed by atoms with van der Waals surface area (Å²) in [5.41, 5.74) is 0.964. The van der Waals surface area contributed by atoms with Crippen LogP contribution in [-0.4, -0.2) is 34.5 Å². The molecule has 92 valence electrons. The summed E-state index contributed by atoms with van der Waals surface area (Å²) in [7, 11) is 0. The highest BCUT2D eigenvalue weighted by molar-refractivity contribution is 7.12. The van der Waals surface area contributed by atoms with Crippen molar-refractivity contribution in [1.29, 1.82) is 0 Å². The molecule has 1 fully saturated rings. The molecule has 1 aliphatic rings. The van der Waals surface area contributed by atoms with Gasteiger partial charge < -0.3 is 10.0 Å². The molecule has 0 aliphatic carbocycles. The van der Waals surface area contributed by atoms with Crippen LogP contribution in [0, 0.1) is 12.8 Å². The smallest absolute Gasteiger partial charge is 0.308 e. The van der Waals surface area contributed by atoms with Crippen LogP contribution in [0.2, 0.25) is 0 Å². The number of nitrogens with zero attached hydrogens (tertiary/aromatic N) is 1. The topological polar surface area (TPSA) is 57.6 Å². The molecule has 1 aromatic rings.